The Hall–Kier alpha value is -1.00. The van der Waals surface area contributed by atoms with Gasteiger partial charge in [0, 0.05) is 12.8 Å². The lowest BCUT2D eigenvalue weighted by Gasteiger charge is -2.15. The Morgan fingerprint density at radius 3 is 2.62 bits per heavy atom. The van der Waals surface area contributed by atoms with E-state index in [0.29, 0.717) is 25.9 Å². The van der Waals surface area contributed by atoms with Gasteiger partial charge in [0.2, 0.25) is 0 Å². The first kappa shape index (κ1) is 13.1. The Kier molecular flexibility index (Phi) is 5.35. The van der Waals surface area contributed by atoms with E-state index in [0.717, 1.165) is 0 Å². The van der Waals surface area contributed by atoms with Crippen LogP contribution in [0.15, 0.2) is 0 Å². The summed E-state index contributed by atoms with van der Waals surface area (Å²) in [6, 6.07) is 0. The van der Waals surface area contributed by atoms with Crippen molar-refractivity contribution in [3.05, 3.63) is 0 Å². The van der Waals surface area contributed by atoms with Crippen LogP contribution in [0.25, 0.3) is 0 Å². The maximum atomic E-state index is 8.49. The average Bonchev–Trinajstić information content (AvgIpc) is 2.57. The SMILES string of the molecule is CC1(C)OCC(CC#CCC#CCCO)O1. The molecule has 1 rings (SSSR count). The third kappa shape index (κ3) is 5.19. The number of aliphatic hydroxyl groups is 1. The molecule has 0 aromatic heterocycles. The summed E-state index contributed by atoms with van der Waals surface area (Å²) in [6.07, 6.45) is 1.84. The first-order valence-corrected chi connectivity index (χ1v) is 5.48. The van der Waals surface area contributed by atoms with Gasteiger partial charge in [0.15, 0.2) is 5.79 Å². The van der Waals surface area contributed by atoms with Crippen LogP contribution < -0.4 is 0 Å². The number of hydrogen-bond donors (Lipinski definition) is 1. The molecule has 0 spiro atoms. The molecule has 88 valence electrons. The highest BCUT2D eigenvalue weighted by Crippen LogP contribution is 2.23. The molecule has 0 radical (unpaired) electrons. The molecule has 3 heteroatoms. The van der Waals surface area contributed by atoms with Crippen LogP contribution in [0.4, 0.5) is 0 Å². The molecule has 16 heavy (non-hydrogen) atoms. The van der Waals surface area contributed by atoms with Gasteiger partial charge < -0.3 is 14.6 Å². The second kappa shape index (κ2) is 6.55. The van der Waals surface area contributed by atoms with Gasteiger partial charge in [-0.05, 0) is 13.8 Å². The number of rotatable bonds is 2. The van der Waals surface area contributed by atoms with Gasteiger partial charge in [0.1, 0.15) is 0 Å². The lowest BCUT2D eigenvalue weighted by atomic mass is 10.2. The van der Waals surface area contributed by atoms with Crippen molar-refractivity contribution in [3.63, 3.8) is 0 Å². The Morgan fingerprint density at radius 2 is 2.00 bits per heavy atom. The average molecular weight is 222 g/mol. The summed E-state index contributed by atoms with van der Waals surface area (Å²) < 4.78 is 11.0. The maximum absolute atomic E-state index is 8.49. The Bertz CT molecular complexity index is 325. The fourth-order valence-corrected chi connectivity index (χ4v) is 1.36. The van der Waals surface area contributed by atoms with Crippen molar-refractivity contribution in [1.29, 1.82) is 0 Å². The van der Waals surface area contributed by atoms with Crippen molar-refractivity contribution in [1.82, 2.24) is 0 Å². The number of hydrogen-bond acceptors (Lipinski definition) is 3. The van der Waals surface area contributed by atoms with Crippen molar-refractivity contribution in [2.75, 3.05) is 13.2 Å². The van der Waals surface area contributed by atoms with E-state index in [9.17, 15) is 0 Å². The second-order valence-corrected chi connectivity index (χ2v) is 4.01. The first-order chi connectivity index (χ1) is 7.64. The maximum Gasteiger partial charge on any atom is 0.163 e. The summed E-state index contributed by atoms with van der Waals surface area (Å²) in [5.74, 6) is 11.2. The van der Waals surface area contributed by atoms with Crippen molar-refractivity contribution in [2.24, 2.45) is 0 Å². The smallest absolute Gasteiger partial charge is 0.163 e. The molecule has 0 bridgehead atoms. The largest absolute Gasteiger partial charge is 0.395 e. The fourth-order valence-electron chi connectivity index (χ4n) is 1.36. The summed E-state index contributed by atoms with van der Waals surface area (Å²) in [5.41, 5.74) is 0. The summed E-state index contributed by atoms with van der Waals surface area (Å²) in [6.45, 7) is 4.53. The zero-order valence-electron chi connectivity index (χ0n) is 9.88. The molecule has 1 aliphatic rings. The van der Waals surface area contributed by atoms with Crippen LogP contribution in [0, 0.1) is 23.7 Å². The number of ether oxygens (including phenoxy) is 2. The molecule has 0 amide bonds. The summed E-state index contributed by atoms with van der Waals surface area (Å²) >= 11 is 0. The molecule has 1 N–H and O–H groups in total. The van der Waals surface area contributed by atoms with E-state index >= 15 is 0 Å². The number of aliphatic hydroxyl groups excluding tert-OH is 1. The minimum absolute atomic E-state index is 0.0768. The van der Waals surface area contributed by atoms with Crippen LogP contribution >= 0.6 is 0 Å². The zero-order chi connectivity index (χ0) is 11.9. The quantitative estimate of drug-likeness (QED) is 0.716. The minimum Gasteiger partial charge on any atom is -0.395 e. The van der Waals surface area contributed by atoms with Crippen LogP contribution in [0.3, 0.4) is 0 Å². The molecular weight excluding hydrogens is 204 g/mol. The Balaban J connectivity index is 2.16. The molecule has 0 aliphatic carbocycles. The third-order valence-electron chi connectivity index (χ3n) is 2.06. The third-order valence-corrected chi connectivity index (χ3v) is 2.06. The van der Waals surface area contributed by atoms with Gasteiger partial charge in [-0.1, -0.05) is 23.7 Å². The van der Waals surface area contributed by atoms with Gasteiger partial charge in [-0.25, -0.2) is 0 Å². The van der Waals surface area contributed by atoms with E-state index in [4.69, 9.17) is 14.6 Å². The molecule has 1 aliphatic heterocycles. The molecule has 1 atom stereocenters. The standard InChI is InChI=1S/C13H18O3/c1-13(2)15-11-12(16-13)9-7-5-3-4-6-8-10-14/h12,14H,3,8-11H2,1-2H3. The Labute approximate surface area is 97.1 Å². The minimum atomic E-state index is -0.465. The van der Waals surface area contributed by atoms with Crippen molar-refractivity contribution < 1.29 is 14.6 Å². The Morgan fingerprint density at radius 1 is 1.25 bits per heavy atom. The zero-order valence-corrected chi connectivity index (χ0v) is 9.88. The van der Waals surface area contributed by atoms with Gasteiger partial charge in [0.05, 0.1) is 25.7 Å². The fraction of sp³-hybridized carbons (Fsp3) is 0.692. The van der Waals surface area contributed by atoms with E-state index in [-0.39, 0.29) is 12.7 Å². The molecule has 1 saturated heterocycles. The molecule has 0 aromatic rings. The predicted molar refractivity (Wildman–Crippen MR) is 61.4 cm³/mol. The van der Waals surface area contributed by atoms with Crippen LogP contribution in [0.1, 0.15) is 33.1 Å². The summed E-state index contributed by atoms with van der Waals surface area (Å²) in [7, 11) is 0. The molecule has 3 nitrogen and oxygen atoms in total. The monoisotopic (exact) mass is 222 g/mol. The second-order valence-electron chi connectivity index (χ2n) is 4.01. The molecule has 1 unspecified atom stereocenters. The highest BCUT2D eigenvalue weighted by Gasteiger charge is 2.31. The van der Waals surface area contributed by atoms with E-state index < -0.39 is 5.79 Å². The van der Waals surface area contributed by atoms with Crippen molar-refractivity contribution >= 4 is 0 Å². The molecule has 0 aromatic carbocycles. The highest BCUT2D eigenvalue weighted by atomic mass is 16.7. The summed E-state index contributed by atoms with van der Waals surface area (Å²) in [5, 5.41) is 8.49. The molecular formula is C13H18O3. The molecule has 0 saturated carbocycles. The molecule has 1 fully saturated rings. The van der Waals surface area contributed by atoms with Crippen LogP contribution in [-0.4, -0.2) is 30.2 Å². The normalized spacial score (nSPS) is 21.8. The van der Waals surface area contributed by atoms with Gasteiger partial charge in [-0.2, -0.15) is 0 Å². The van der Waals surface area contributed by atoms with E-state index in [1.165, 1.54) is 0 Å². The van der Waals surface area contributed by atoms with Crippen molar-refractivity contribution in [2.45, 2.75) is 45.0 Å². The van der Waals surface area contributed by atoms with E-state index in [1.54, 1.807) is 0 Å². The van der Waals surface area contributed by atoms with Crippen LogP contribution in [0.5, 0.6) is 0 Å². The van der Waals surface area contributed by atoms with Gasteiger partial charge in [-0.15, -0.1) is 0 Å². The van der Waals surface area contributed by atoms with E-state index in [2.05, 4.69) is 23.7 Å². The van der Waals surface area contributed by atoms with E-state index in [1.807, 2.05) is 13.8 Å². The van der Waals surface area contributed by atoms with Gasteiger partial charge in [0.25, 0.3) is 0 Å². The van der Waals surface area contributed by atoms with Gasteiger partial charge >= 0.3 is 0 Å². The molecule has 1 heterocycles. The van der Waals surface area contributed by atoms with Crippen LogP contribution in [0.2, 0.25) is 0 Å². The lowest BCUT2D eigenvalue weighted by molar-refractivity contribution is -0.137. The lowest BCUT2D eigenvalue weighted by Crippen LogP contribution is -2.21. The highest BCUT2D eigenvalue weighted by molar-refractivity contribution is 5.12. The topological polar surface area (TPSA) is 38.7 Å². The van der Waals surface area contributed by atoms with Crippen LogP contribution in [-0.2, 0) is 9.47 Å². The summed E-state index contributed by atoms with van der Waals surface area (Å²) in [4.78, 5) is 0. The van der Waals surface area contributed by atoms with Gasteiger partial charge in [-0.3, -0.25) is 0 Å². The van der Waals surface area contributed by atoms with Crippen molar-refractivity contribution in [3.8, 4) is 23.7 Å². The predicted octanol–water partition coefficient (Wildman–Crippen LogP) is 1.31. The first-order valence-electron chi connectivity index (χ1n) is 5.48.